The minimum Gasteiger partial charge on any atom is -0.494 e. The maximum Gasteiger partial charge on any atom is 0.253 e. The Morgan fingerprint density at radius 1 is 0.875 bits per heavy atom. The van der Waals surface area contributed by atoms with Crippen molar-refractivity contribution in [3.8, 4) is 5.75 Å². The molecule has 166 valence electrons. The molecule has 3 rings (SSSR count). The van der Waals surface area contributed by atoms with Gasteiger partial charge in [-0.3, -0.25) is 9.59 Å². The molecule has 0 aliphatic heterocycles. The third-order valence-electron chi connectivity index (χ3n) is 4.83. The molecule has 0 fully saturated rings. The highest BCUT2D eigenvalue weighted by Gasteiger charge is 2.08. The van der Waals surface area contributed by atoms with Crippen molar-refractivity contribution in [2.45, 2.75) is 12.8 Å². The molecule has 0 aliphatic carbocycles. The summed E-state index contributed by atoms with van der Waals surface area (Å²) in [5, 5.41) is 5.94. The summed E-state index contributed by atoms with van der Waals surface area (Å²) in [6.45, 7) is 0.726. The number of carbonyl (C=O) groups is 2. The van der Waals surface area contributed by atoms with Gasteiger partial charge in [0.1, 0.15) is 5.75 Å². The Morgan fingerprint density at radius 2 is 1.62 bits per heavy atom. The molecule has 3 aromatic carbocycles. The lowest BCUT2D eigenvalue weighted by Crippen LogP contribution is -2.22. The van der Waals surface area contributed by atoms with Crippen LogP contribution in [0.15, 0.2) is 78.9 Å². The zero-order valence-electron chi connectivity index (χ0n) is 18.5. The monoisotopic (exact) mass is 431 g/mol. The molecule has 2 N–H and O–H groups in total. The Kier molecular flexibility index (Phi) is 8.26. The summed E-state index contributed by atoms with van der Waals surface area (Å²) in [5.74, 6) is 0.501. The highest BCUT2D eigenvalue weighted by molar-refractivity contribution is 5.95. The lowest BCUT2D eigenvalue weighted by Gasteiger charge is -2.12. The molecule has 0 unspecified atom stereocenters. The average Bonchev–Trinajstić information content (AvgIpc) is 2.81. The fourth-order valence-corrected chi connectivity index (χ4v) is 3.15. The van der Waals surface area contributed by atoms with Crippen LogP contribution in [-0.4, -0.2) is 44.0 Å². The van der Waals surface area contributed by atoms with Crippen LogP contribution < -0.4 is 15.4 Å². The molecule has 0 bridgehead atoms. The van der Waals surface area contributed by atoms with Crippen LogP contribution in [0.2, 0.25) is 0 Å². The Labute approximate surface area is 189 Å². The number of anilines is 2. The first-order valence-corrected chi connectivity index (χ1v) is 10.6. The number of nitrogens with zero attached hydrogens (tertiary/aromatic N) is 1. The Hall–Kier alpha value is -3.80. The van der Waals surface area contributed by atoms with Crippen molar-refractivity contribution in [1.29, 1.82) is 0 Å². The first-order chi connectivity index (χ1) is 15.5. The van der Waals surface area contributed by atoms with Crippen LogP contribution in [0.3, 0.4) is 0 Å². The van der Waals surface area contributed by atoms with E-state index in [-0.39, 0.29) is 18.4 Å². The molecule has 32 heavy (non-hydrogen) atoms. The van der Waals surface area contributed by atoms with Crippen LogP contribution in [0.5, 0.6) is 5.75 Å². The van der Waals surface area contributed by atoms with Gasteiger partial charge in [0.05, 0.1) is 13.2 Å². The van der Waals surface area contributed by atoms with E-state index in [0.29, 0.717) is 17.9 Å². The van der Waals surface area contributed by atoms with E-state index in [9.17, 15) is 9.59 Å². The van der Waals surface area contributed by atoms with Gasteiger partial charge in [-0.25, -0.2) is 0 Å². The van der Waals surface area contributed by atoms with Gasteiger partial charge in [0.2, 0.25) is 5.91 Å². The summed E-state index contributed by atoms with van der Waals surface area (Å²) in [6.07, 6.45) is 1.89. The van der Waals surface area contributed by atoms with Crippen molar-refractivity contribution in [3.05, 3.63) is 90.0 Å². The molecule has 0 atom stereocenters. The molecule has 0 radical (unpaired) electrons. The maximum absolute atomic E-state index is 12.3. The number of carbonyl (C=O) groups excluding carboxylic acids is 2. The zero-order valence-corrected chi connectivity index (χ0v) is 18.5. The molecule has 0 saturated heterocycles. The van der Waals surface area contributed by atoms with Crippen LogP contribution in [0.25, 0.3) is 0 Å². The summed E-state index contributed by atoms with van der Waals surface area (Å²) in [4.78, 5) is 25.8. The van der Waals surface area contributed by atoms with E-state index >= 15 is 0 Å². The molecular formula is C26H29N3O3. The van der Waals surface area contributed by atoms with Crippen LogP contribution in [0.1, 0.15) is 22.3 Å². The molecule has 0 aromatic heterocycles. The van der Waals surface area contributed by atoms with Crippen molar-refractivity contribution in [1.82, 2.24) is 4.90 Å². The lowest BCUT2D eigenvalue weighted by atomic mass is 10.1. The molecule has 0 aliphatic rings. The summed E-state index contributed by atoms with van der Waals surface area (Å²) < 4.78 is 5.83. The first-order valence-electron chi connectivity index (χ1n) is 10.6. The second kappa shape index (κ2) is 11.6. The van der Waals surface area contributed by atoms with Gasteiger partial charge in [0.25, 0.3) is 5.91 Å². The minimum absolute atomic E-state index is 0.0588. The highest BCUT2D eigenvalue weighted by Crippen LogP contribution is 2.18. The van der Waals surface area contributed by atoms with Crippen LogP contribution >= 0.6 is 0 Å². The van der Waals surface area contributed by atoms with E-state index in [4.69, 9.17) is 4.74 Å². The van der Waals surface area contributed by atoms with Crippen LogP contribution in [-0.2, 0) is 11.2 Å². The molecular weight excluding hydrogens is 402 g/mol. The van der Waals surface area contributed by atoms with Gasteiger partial charge < -0.3 is 20.3 Å². The van der Waals surface area contributed by atoms with E-state index in [1.165, 1.54) is 10.5 Å². The summed E-state index contributed by atoms with van der Waals surface area (Å²) in [5.41, 5.74) is 3.35. The number of hydrogen-bond acceptors (Lipinski definition) is 4. The van der Waals surface area contributed by atoms with Gasteiger partial charge in [-0.05, 0) is 54.8 Å². The SMILES string of the molecule is CN(C)C(=O)c1ccc(NCC(=O)Nc2cccc(OCCCc3ccccc3)c2)cc1. The van der Waals surface area contributed by atoms with Gasteiger partial charge in [-0.15, -0.1) is 0 Å². The zero-order chi connectivity index (χ0) is 22.8. The fourth-order valence-electron chi connectivity index (χ4n) is 3.15. The summed E-state index contributed by atoms with van der Waals surface area (Å²) >= 11 is 0. The number of aryl methyl sites for hydroxylation is 1. The maximum atomic E-state index is 12.3. The molecule has 6 nitrogen and oxygen atoms in total. The van der Waals surface area contributed by atoms with Gasteiger partial charge in [-0.2, -0.15) is 0 Å². The number of hydrogen-bond donors (Lipinski definition) is 2. The fraction of sp³-hybridized carbons (Fsp3) is 0.231. The van der Waals surface area contributed by atoms with E-state index in [1.54, 1.807) is 38.4 Å². The van der Waals surface area contributed by atoms with E-state index in [2.05, 4.69) is 22.8 Å². The Morgan fingerprint density at radius 3 is 2.34 bits per heavy atom. The number of amides is 2. The summed E-state index contributed by atoms with van der Waals surface area (Å²) in [6, 6.07) is 24.8. The molecule has 0 spiro atoms. The second-order valence-electron chi connectivity index (χ2n) is 7.64. The highest BCUT2D eigenvalue weighted by atomic mass is 16.5. The van der Waals surface area contributed by atoms with Crippen LogP contribution in [0.4, 0.5) is 11.4 Å². The van der Waals surface area contributed by atoms with Crippen molar-refractivity contribution in [2.24, 2.45) is 0 Å². The third kappa shape index (κ3) is 7.16. The smallest absolute Gasteiger partial charge is 0.253 e. The second-order valence-corrected chi connectivity index (χ2v) is 7.64. The van der Waals surface area contributed by atoms with Gasteiger partial charge >= 0.3 is 0 Å². The average molecular weight is 432 g/mol. The van der Waals surface area contributed by atoms with Crippen molar-refractivity contribution < 1.29 is 14.3 Å². The van der Waals surface area contributed by atoms with Gasteiger partial charge in [-0.1, -0.05) is 36.4 Å². The quantitative estimate of drug-likeness (QED) is 0.465. The number of benzene rings is 3. The molecule has 0 saturated carbocycles. The summed E-state index contributed by atoms with van der Waals surface area (Å²) in [7, 11) is 3.42. The number of rotatable bonds is 10. The topological polar surface area (TPSA) is 70.7 Å². The molecule has 0 heterocycles. The lowest BCUT2D eigenvalue weighted by molar-refractivity contribution is -0.114. The van der Waals surface area contributed by atoms with Crippen molar-refractivity contribution >= 4 is 23.2 Å². The number of ether oxygens (including phenoxy) is 1. The van der Waals surface area contributed by atoms with E-state index in [0.717, 1.165) is 24.3 Å². The largest absolute Gasteiger partial charge is 0.494 e. The van der Waals surface area contributed by atoms with Crippen molar-refractivity contribution in [2.75, 3.05) is 37.9 Å². The number of nitrogens with one attached hydrogen (secondary N) is 2. The molecule has 6 heteroatoms. The first kappa shape index (κ1) is 22.9. The van der Waals surface area contributed by atoms with Crippen LogP contribution in [0, 0.1) is 0 Å². The van der Waals surface area contributed by atoms with Gasteiger partial charge in [0, 0.05) is 37.1 Å². The normalized spacial score (nSPS) is 10.3. The Balaban J connectivity index is 1.42. The molecule has 2 amide bonds. The van der Waals surface area contributed by atoms with Crippen molar-refractivity contribution in [3.63, 3.8) is 0 Å². The van der Waals surface area contributed by atoms with Gasteiger partial charge in [0.15, 0.2) is 0 Å². The Bertz CT molecular complexity index is 1020. The standard InChI is InChI=1S/C26H29N3O3/c1-29(2)26(31)21-13-15-22(16-14-21)27-19-25(30)28-23-11-6-12-24(18-23)32-17-7-10-20-8-4-3-5-9-20/h3-6,8-9,11-16,18,27H,7,10,17,19H2,1-2H3,(H,28,30). The van der Waals surface area contributed by atoms with E-state index in [1.807, 2.05) is 42.5 Å². The third-order valence-corrected chi connectivity index (χ3v) is 4.83. The minimum atomic E-state index is -0.167. The predicted molar refractivity (Wildman–Crippen MR) is 128 cm³/mol. The predicted octanol–water partition coefficient (Wildman–Crippen LogP) is 4.45. The molecule has 3 aromatic rings. The van der Waals surface area contributed by atoms with E-state index < -0.39 is 0 Å².